The van der Waals surface area contributed by atoms with Gasteiger partial charge < -0.3 is 15.0 Å². The molecule has 172 valence electrons. The highest BCUT2D eigenvalue weighted by Gasteiger charge is 2.22. The van der Waals surface area contributed by atoms with E-state index in [1.54, 1.807) is 0 Å². The quantitative estimate of drug-likeness (QED) is 0.723. The molecule has 6 nitrogen and oxygen atoms in total. The van der Waals surface area contributed by atoms with E-state index < -0.39 is 0 Å². The number of hydrogen-bond acceptors (Lipinski definition) is 5. The third-order valence-corrected chi connectivity index (χ3v) is 6.50. The standard InChI is InChI=1S/C26H36N4O2/c1-21(2)29-12-14-30(15-13-29)24-10-8-23(9-11-24)26(31)27-18-25-20-28(16-17-32-25)19-22-6-4-3-5-7-22/h3-11,21,25H,12-20H2,1-2H3,(H,27,31). The second-order valence-corrected chi connectivity index (χ2v) is 9.09. The number of anilines is 1. The van der Waals surface area contributed by atoms with E-state index in [0.717, 1.165) is 45.8 Å². The molecule has 0 bridgehead atoms. The van der Waals surface area contributed by atoms with E-state index in [-0.39, 0.29) is 12.0 Å². The lowest BCUT2D eigenvalue weighted by Crippen LogP contribution is -2.48. The summed E-state index contributed by atoms with van der Waals surface area (Å²) >= 11 is 0. The Morgan fingerprint density at radius 3 is 2.41 bits per heavy atom. The van der Waals surface area contributed by atoms with Crippen molar-refractivity contribution in [1.29, 1.82) is 0 Å². The first kappa shape index (κ1) is 22.8. The molecule has 1 N–H and O–H groups in total. The van der Waals surface area contributed by atoms with Crippen LogP contribution in [0.1, 0.15) is 29.8 Å². The zero-order valence-electron chi connectivity index (χ0n) is 19.4. The van der Waals surface area contributed by atoms with Crippen LogP contribution in [0.5, 0.6) is 0 Å². The molecule has 0 radical (unpaired) electrons. The van der Waals surface area contributed by atoms with Crippen LogP contribution in [0, 0.1) is 0 Å². The molecule has 0 saturated carbocycles. The summed E-state index contributed by atoms with van der Waals surface area (Å²) in [6.07, 6.45) is 0.0212. The van der Waals surface area contributed by atoms with Crippen LogP contribution in [0.3, 0.4) is 0 Å². The smallest absolute Gasteiger partial charge is 0.251 e. The van der Waals surface area contributed by atoms with Gasteiger partial charge in [0, 0.05) is 69.7 Å². The summed E-state index contributed by atoms with van der Waals surface area (Å²) in [5, 5.41) is 3.06. The Kier molecular flexibility index (Phi) is 7.79. The first-order chi connectivity index (χ1) is 15.6. The molecule has 0 aromatic heterocycles. The van der Waals surface area contributed by atoms with Crippen LogP contribution in [0.25, 0.3) is 0 Å². The molecule has 2 aliphatic rings. The van der Waals surface area contributed by atoms with Crippen LogP contribution >= 0.6 is 0 Å². The Balaban J connectivity index is 1.23. The van der Waals surface area contributed by atoms with Gasteiger partial charge in [-0.2, -0.15) is 0 Å². The molecule has 0 spiro atoms. The lowest BCUT2D eigenvalue weighted by atomic mass is 10.1. The van der Waals surface area contributed by atoms with Crippen LogP contribution < -0.4 is 10.2 Å². The lowest BCUT2D eigenvalue weighted by Gasteiger charge is -2.38. The lowest BCUT2D eigenvalue weighted by molar-refractivity contribution is -0.0292. The third-order valence-electron chi connectivity index (χ3n) is 6.50. The Bertz CT molecular complexity index is 848. The van der Waals surface area contributed by atoms with Crippen LogP contribution in [0.2, 0.25) is 0 Å². The zero-order chi connectivity index (χ0) is 22.3. The van der Waals surface area contributed by atoms with Gasteiger partial charge in [-0.05, 0) is 43.7 Å². The minimum absolute atomic E-state index is 0.0212. The first-order valence-corrected chi connectivity index (χ1v) is 11.8. The Morgan fingerprint density at radius 2 is 1.72 bits per heavy atom. The van der Waals surface area contributed by atoms with Crippen molar-refractivity contribution in [3.63, 3.8) is 0 Å². The highest BCUT2D eigenvalue weighted by atomic mass is 16.5. The van der Waals surface area contributed by atoms with Crippen molar-refractivity contribution in [1.82, 2.24) is 15.1 Å². The third kappa shape index (κ3) is 6.09. The molecular formula is C26H36N4O2. The maximum absolute atomic E-state index is 12.7. The second kappa shape index (κ2) is 10.9. The summed E-state index contributed by atoms with van der Waals surface area (Å²) in [4.78, 5) is 20.0. The molecule has 2 aromatic carbocycles. The molecule has 4 rings (SSSR count). The average molecular weight is 437 g/mol. The number of benzene rings is 2. The van der Waals surface area contributed by atoms with Crippen LogP contribution in [0.4, 0.5) is 5.69 Å². The molecule has 2 aliphatic heterocycles. The number of nitrogens with zero attached hydrogens (tertiary/aromatic N) is 3. The summed E-state index contributed by atoms with van der Waals surface area (Å²) in [7, 11) is 0. The van der Waals surface area contributed by atoms with Gasteiger partial charge in [0.1, 0.15) is 0 Å². The van der Waals surface area contributed by atoms with Crippen molar-refractivity contribution in [2.75, 3.05) is 57.3 Å². The normalized spacial score (nSPS) is 20.5. The van der Waals surface area contributed by atoms with E-state index in [9.17, 15) is 4.79 Å². The maximum Gasteiger partial charge on any atom is 0.251 e. The minimum Gasteiger partial charge on any atom is -0.374 e. The highest BCUT2D eigenvalue weighted by molar-refractivity contribution is 5.94. The van der Waals surface area contributed by atoms with Gasteiger partial charge in [-0.15, -0.1) is 0 Å². The van der Waals surface area contributed by atoms with E-state index in [2.05, 4.69) is 70.3 Å². The van der Waals surface area contributed by atoms with Crippen molar-refractivity contribution < 1.29 is 9.53 Å². The van der Waals surface area contributed by atoms with Gasteiger partial charge in [-0.1, -0.05) is 30.3 Å². The number of carbonyl (C=O) groups excluding carboxylic acids is 1. The average Bonchev–Trinajstić information content (AvgIpc) is 2.83. The van der Waals surface area contributed by atoms with E-state index in [4.69, 9.17) is 4.74 Å². The largest absolute Gasteiger partial charge is 0.374 e. The fourth-order valence-corrected chi connectivity index (χ4v) is 4.52. The topological polar surface area (TPSA) is 48.0 Å². The minimum atomic E-state index is -0.0371. The maximum atomic E-state index is 12.7. The van der Waals surface area contributed by atoms with Crippen LogP contribution in [-0.2, 0) is 11.3 Å². The van der Waals surface area contributed by atoms with Gasteiger partial charge in [-0.25, -0.2) is 0 Å². The monoisotopic (exact) mass is 436 g/mol. The molecule has 2 aromatic rings. The number of ether oxygens (including phenoxy) is 1. The number of nitrogens with one attached hydrogen (secondary N) is 1. The molecule has 1 atom stereocenters. The SMILES string of the molecule is CC(C)N1CCN(c2ccc(C(=O)NCC3CN(Cc4ccccc4)CCO3)cc2)CC1. The molecule has 6 heteroatoms. The number of amides is 1. The highest BCUT2D eigenvalue weighted by Crippen LogP contribution is 2.18. The molecule has 2 heterocycles. The van der Waals surface area contributed by atoms with Crippen molar-refractivity contribution in [2.24, 2.45) is 0 Å². The molecule has 2 saturated heterocycles. The van der Waals surface area contributed by atoms with Gasteiger partial charge in [0.2, 0.25) is 0 Å². The molecule has 32 heavy (non-hydrogen) atoms. The summed E-state index contributed by atoms with van der Waals surface area (Å²) in [6, 6.07) is 19.1. The number of morpholine rings is 1. The molecule has 0 aliphatic carbocycles. The van der Waals surface area contributed by atoms with Gasteiger partial charge in [-0.3, -0.25) is 14.6 Å². The second-order valence-electron chi connectivity index (χ2n) is 9.09. The first-order valence-electron chi connectivity index (χ1n) is 11.8. The summed E-state index contributed by atoms with van der Waals surface area (Å²) in [5.41, 5.74) is 3.20. The zero-order valence-corrected chi connectivity index (χ0v) is 19.4. The van der Waals surface area contributed by atoms with E-state index in [0.29, 0.717) is 24.8 Å². The molecule has 1 amide bonds. The van der Waals surface area contributed by atoms with E-state index in [1.165, 1.54) is 11.3 Å². The number of rotatable bonds is 7. The number of carbonyl (C=O) groups is 1. The van der Waals surface area contributed by atoms with Gasteiger partial charge >= 0.3 is 0 Å². The molecule has 1 unspecified atom stereocenters. The summed E-state index contributed by atoms with van der Waals surface area (Å²) in [5.74, 6) is -0.0371. The number of piperazine rings is 1. The predicted molar refractivity (Wildman–Crippen MR) is 129 cm³/mol. The Labute approximate surface area is 192 Å². The van der Waals surface area contributed by atoms with E-state index in [1.807, 2.05) is 18.2 Å². The van der Waals surface area contributed by atoms with Crippen molar-refractivity contribution >= 4 is 11.6 Å². The number of hydrogen-bond donors (Lipinski definition) is 1. The summed E-state index contributed by atoms with van der Waals surface area (Å²) in [6.45, 7) is 12.6. The van der Waals surface area contributed by atoms with E-state index >= 15 is 0 Å². The molecule has 2 fully saturated rings. The van der Waals surface area contributed by atoms with Gasteiger partial charge in [0.15, 0.2) is 0 Å². The van der Waals surface area contributed by atoms with Gasteiger partial charge in [0.05, 0.1) is 12.7 Å². The van der Waals surface area contributed by atoms with Crippen molar-refractivity contribution in [2.45, 2.75) is 32.5 Å². The summed E-state index contributed by atoms with van der Waals surface area (Å²) < 4.78 is 5.89. The predicted octanol–water partition coefficient (Wildman–Crippen LogP) is 2.85. The van der Waals surface area contributed by atoms with Crippen LogP contribution in [0.15, 0.2) is 54.6 Å². The van der Waals surface area contributed by atoms with Crippen molar-refractivity contribution in [3.8, 4) is 0 Å². The van der Waals surface area contributed by atoms with Crippen LogP contribution in [-0.4, -0.2) is 80.3 Å². The molecular weight excluding hydrogens is 400 g/mol. The van der Waals surface area contributed by atoms with Crippen molar-refractivity contribution in [3.05, 3.63) is 65.7 Å². The Morgan fingerprint density at radius 1 is 1.00 bits per heavy atom. The van der Waals surface area contributed by atoms with Gasteiger partial charge in [0.25, 0.3) is 5.91 Å². The fraction of sp³-hybridized carbons (Fsp3) is 0.500. The fourth-order valence-electron chi connectivity index (χ4n) is 4.52. The Hall–Kier alpha value is -2.41.